The molecule has 0 aromatic heterocycles. The second kappa shape index (κ2) is 71.7. The van der Waals surface area contributed by atoms with Crippen LogP contribution in [0.1, 0.15) is 186 Å². The standard InChI is InChI=1S/C24H36ClN3O4.C22H31ClIN3O4.C22H30ClN3O3.C21H28ClN3O3.C3H3ClO.C2H6.2C2H5.4CH4.BBr3.V.Zn/c1-6-17-13-18(21(31-5)14-20(17)25)7-8-22(29)27-11-9-26(10-12-27)19-15-28(16-19)23(30)32-24(2,3)4;1-22(2,3)31-21(29)27-13-16(14-27)25-7-9-26(10-8-25)20(28)6-5-15-11-18(24)17(23)12-19(15)30-4;1-4-16-12-17(20(29-3)13-19(16)23)6-7-22(28)25-10-8-24(9-11-25)18-14-26(15-18)21(27)5-2;1-3-15-11-16(19(26)12-18(15)22)5-6-21(28)24-9-7-23(8-10-24)17-13-25(14-17)20(27)4-2;1-2-3(4)5;3*1-2;;;;;2-1(3)4;;/h13-14,19H,6-12,15-16H2,1-5H3;11-12,16H,5-10,13-14H2,1-4H3;5,12-13,18H,2,4,6-11,14-15H2,1,3H3;4,11-12,17,26H,2-3,5-10,13-14H2,1H3;2H,1H2;1-2H3;2*1H2,2H3;4*1H4;;;/q;;;;;;2*-1;;;;;;;+2/i;;;;;1D;;;;;;;;;. The van der Waals surface area contributed by atoms with Gasteiger partial charge in [0.25, 0.3) is 0 Å². The second-order valence-electron chi connectivity index (χ2n) is 34.4. The van der Waals surface area contributed by atoms with E-state index in [1.54, 1.807) is 73.8 Å². The normalized spacial score (nSPS) is 15.9. The predicted octanol–water partition coefficient (Wildman–Crippen LogP) is 20.1. The number of hydrogen-bond donors (Lipinski definition) is 1. The van der Waals surface area contributed by atoms with Crippen molar-refractivity contribution in [2.45, 2.75) is 226 Å². The van der Waals surface area contributed by atoms with Crippen molar-refractivity contribution in [1.29, 1.82) is 0 Å². The number of rotatable bonds is 25. The predicted molar refractivity (Wildman–Crippen MR) is 592 cm³/mol. The van der Waals surface area contributed by atoms with Gasteiger partial charge in [0.05, 0.1) is 26.4 Å². The van der Waals surface area contributed by atoms with E-state index in [0.717, 1.165) is 203 Å². The molecule has 8 fully saturated rings. The Morgan fingerprint density at radius 3 is 0.872 bits per heavy atom. The molecule has 0 atom stereocenters. The van der Waals surface area contributed by atoms with Gasteiger partial charge in [-0.3, -0.25) is 53.2 Å². The Bertz CT molecular complexity index is 4530. The number of halogens is 9. The van der Waals surface area contributed by atoms with E-state index in [0.29, 0.717) is 142 Å². The molecule has 8 heterocycles. The summed E-state index contributed by atoms with van der Waals surface area (Å²) < 4.78 is 34.6. The first-order valence-corrected chi connectivity index (χ1v) is 51.7. The van der Waals surface area contributed by atoms with E-state index >= 15 is 0 Å². The molecule has 0 aliphatic carbocycles. The number of carbonyl (C=O) groups excluding carboxylic acids is 9. The third-order valence-corrected chi connectivity index (χ3v) is 26.4. The smallest absolute Gasteiger partial charge is 0.508 e. The maximum atomic E-state index is 12.8. The van der Waals surface area contributed by atoms with Gasteiger partial charge in [0, 0.05) is 252 Å². The molecule has 0 spiro atoms. The molecule has 8 amide bonds. The van der Waals surface area contributed by atoms with Gasteiger partial charge in [0.15, 0.2) is 0 Å². The number of allylic oxidation sites excluding steroid dienone is 1. The number of piperazine rings is 4. The molecule has 4 aromatic rings. The number of carbonyl (C=O) groups is 9. The van der Waals surface area contributed by atoms with Crippen LogP contribution in [0.25, 0.3) is 0 Å². The number of aromatic hydroxyl groups is 1. The maximum absolute atomic E-state index is 12.8. The van der Waals surface area contributed by atoms with E-state index < -0.39 is 16.4 Å². The summed E-state index contributed by atoms with van der Waals surface area (Å²) in [6.45, 7) is 58.1. The zero-order valence-electron chi connectivity index (χ0n) is 83.8. The molecule has 4 aromatic carbocycles. The second-order valence-corrected chi connectivity index (χ2v) is 44.0. The maximum Gasteiger partial charge on any atom is 2.00 e. The van der Waals surface area contributed by atoms with E-state index in [1.807, 2.05) is 92.3 Å². The van der Waals surface area contributed by atoms with Crippen LogP contribution in [-0.4, -0.2) is 334 Å². The number of phenols is 1. The van der Waals surface area contributed by atoms with Crippen LogP contribution in [-0.2, 0) is 126 Å². The van der Waals surface area contributed by atoms with Crippen LogP contribution >= 0.6 is 128 Å². The molecule has 141 heavy (non-hydrogen) atoms. The number of benzene rings is 4. The number of methoxy groups -OCH3 is 3. The van der Waals surface area contributed by atoms with E-state index in [4.69, 9.17) is 83.1 Å². The van der Waals surface area contributed by atoms with Crippen LogP contribution in [0, 0.1) is 17.4 Å². The summed E-state index contributed by atoms with van der Waals surface area (Å²) in [6.07, 6.45) is 9.93. The topological polar surface area (TPSA) is 259 Å². The number of phenolic OH excluding ortho intramolecular Hbond substituents is 1. The van der Waals surface area contributed by atoms with Crippen molar-refractivity contribution in [3.63, 3.8) is 0 Å². The molecule has 0 bridgehead atoms. The Morgan fingerprint density at radius 2 is 0.645 bits per heavy atom. The Morgan fingerprint density at radius 1 is 0.426 bits per heavy atom. The summed E-state index contributed by atoms with van der Waals surface area (Å²) in [6, 6.07) is 16.6. The minimum atomic E-state index is -0.509. The molecule has 12 rings (SSSR count). The first kappa shape index (κ1) is 138. The van der Waals surface area contributed by atoms with Gasteiger partial charge in [-0.2, -0.15) is 13.8 Å². The molecular formula is C102H160BBr3Cl5IN12O15VZn. The average molecular weight is 2470 g/mol. The van der Waals surface area contributed by atoms with Gasteiger partial charge in [-0.1, -0.05) is 149 Å². The molecule has 27 nitrogen and oxygen atoms in total. The molecule has 0 unspecified atom stereocenters. The van der Waals surface area contributed by atoms with Crippen LogP contribution < -0.4 is 14.2 Å². The molecule has 8 saturated heterocycles. The first-order valence-electron chi connectivity index (χ1n) is 46.7. The number of aryl methyl sites for hydroxylation is 7. The zero-order valence-corrected chi connectivity index (χ0v) is 97.9. The van der Waals surface area contributed by atoms with Crippen LogP contribution in [0.4, 0.5) is 9.59 Å². The summed E-state index contributed by atoms with van der Waals surface area (Å²) in [7, 11) is 4.88. The van der Waals surface area contributed by atoms with E-state index in [1.165, 1.54) is 12.2 Å². The fourth-order valence-corrected chi connectivity index (χ4v) is 17.5. The number of likely N-dealkylation sites (tertiary alicyclic amines) is 4. The Labute approximate surface area is 935 Å². The Kier molecular flexibility index (Phi) is 70.2. The van der Waals surface area contributed by atoms with Crippen molar-refractivity contribution in [1.82, 2.24) is 58.8 Å². The van der Waals surface area contributed by atoms with Crippen molar-refractivity contribution in [3.05, 3.63) is 163 Å². The molecule has 8 aliphatic rings. The van der Waals surface area contributed by atoms with Gasteiger partial charge in [0.1, 0.15) is 34.2 Å². The molecule has 8 aliphatic heterocycles. The van der Waals surface area contributed by atoms with Gasteiger partial charge < -0.3 is 81.8 Å². The molecular weight excluding hydrogens is 2300 g/mol. The van der Waals surface area contributed by atoms with Gasteiger partial charge in [0.2, 0.25) is 40.7 Å². The van der Waals surface area contributed by atoms with Crippen molar-refractivity contribution >= 4 is 184 Å². The van der Waals surface area contributed by atoms with Crippen molar-refractivity contribution < 1.29 is 111 Å². The summed E-state index contributed by atoms with van der Waals surface area (Å²) in [5.41, 5.74) is 6.02. The number of nitrogens with zero attached hydrogens (tertiary/aromatic N) is 12. The van der Waals surface area contributed by atoms with Gasteiger partial charge in [-0.05, 0) is 202 Å². The van der Waals surface area contributed by atoms with Crippen molar-refractivity contribution in [3.8, 4) is 23.0 Å². The van der Waals surface area contributed by atoms with Crippen LogP contribution in [0.5, 0.6) is 23.0 Å². The fourth-order valence-electron chi connectivity index (χ4n) is 16.0. The average Bonchev–Trinajstić information content (AvgIpc) is 0.811. The zero-order chi connectivity index (χ0) is 102. The molecule has 39 heteroatoms. The number of hydrogen-bond acceptors (Lipinski definition) is 19. The summed E-state index contributed by atoms with van der Waals surface area (Å²) in [5.74, 6) is 2.98. The molecule has 791 valence electrons. The van der Waals surface area contributed by atoms with Crippen molar-refractivity contribution in [2.75, 3.05) is 178 Å². The van der Waals surface area contributed by atoms with E-state index in [-0.39, 0.29) is 124 Å². The van der Waals surface area contributed by atoms with Crippen LogP contribution in [0.3, 0.4) is 0 Å². The van der Waals surface area contributed by atoms with E-state index in [9.17, 15) is 48.3 Å². The third kappa shape index (κ3) is 46.4. The Balaban J connectivity index is -0.00000170. The monoisotopic (exact) mass is 2460 g/mol. The minimum Gasteiger partial charge on any atom is -0.508 e. The number of amides is 8. The summed E-state index contributed by atoms with van der Waals surface area (Å²) >= 11 is 41.0. The van der Waals surface area contributed by atoms with Crippen LogP contribution in [0.15, 0.2) is 86.5 Å². The van der Waals surface area contributed by atoms with Gasteiger partial charge in [-0.25, -0.2) is 9.59 Å². The van der Waals surface area contributed by atoms with Gasteiger partial charge >= 0.3 is 34.8 Å². The fraction of sp³-hybridized carbons (Fsp3) is 0.598. The van der Waals surface area contributed by atoms with E-state index in [2.05, 4.69) is 149 Å². The molecule has 1 N–H and O–H groups in total. The van der Waals surface area contributed by atoms with Crippen molar-refractivity contribution in [2.24, 2.45) is 0 Å². The number of ether oxygens (including phenoxy) is 5. The quantitative estimate of drug-likeness (QED) is 0.0213. The Hall–Kier alpha value is -4.94. The largest absolute Gasteiger partial charge is 2.00 e. The van der Waals surface area contributed by atoms with Gasteiger partial charge in [-0.15, -0.1) is 47.3 Å². The first-order chi connectivity index (χ1) is 64.5. The molecule has 1 radical (unpaired) electrons. The molecule has 0 saturated carbocycles. The third-order valence-electron chi connectivity index (χ3n) is 23.7. The summed E-state index contributed by atoms with van der Waals surface area (Å²) in [5, 5.41) is 12.2. The minimum absolute atomic E-state index is 0. The van der Waals surface area contributed by atoms with Crippen LogP contribution in [0.2, 0.25) is 20.1 Å². The summed E-state index contributed by atoms with van der Waals surface area (Å²) in [4.78, 5) is 132. The SMILES string of the molecule is BrB(Br)Br.C.C.C.C.C=CC(=O)Cl.C=CC(=O)N1CC(N2CCN(C(=O)CCc3cc(CC)c(Cl)cc3O)CC2)C1.C=CC(=O)N1CC(N2CCN(C(=O)CCc3cc(CC)c(Cl)cc3OC)CC2)C1.CCc1cc(CCC(=O)N2CCN(C3CN(C(=O)OC(C)(C)C)C3)CC2)c(OC)cc1Cl.COc1cc(Cl)c(I)cc1CCC(=O)N1CCN(C2CN(C(=O)OC(C)(C)C)C2)CC1.[2H]CC.[CH2-]C.[CH2-]C.[V].[Zn+2].